The number of anilines is 1. The molecule has 1 unspecified atom stereocenters. The fraction of sp³-hybridized carbons (Fsp3) is 0.278. The van der Waals surface area contributed by atoms with Crippen molar-refractivity contribution in [2.24, 2.45) is 11.7 Å². The molecular weight excluding hydrogens is 376 g/mol. The summed E-state index contributed by atoms with van der Waals surface area (Å²) in [5.41, 5.74) is 7.04. The minimum atomic E-state index is -0.375. The average molecular weight is 393 g/mol. The molecule has 0 fully saturated rings. The number of ketones is 1. The summed E-state index contributed by atoms with van der Waals surface area (Å²) in [5.74, 6) is -1.21. The minimum absolute atomic E-state index is 0.179. The molecule has 0 aliphatic heterocycles. The molecule has 2 aromatic rings. The van der Waals surface area contributed by atoms with Crippen LogP contribution in [0.25, 0.3) is 0 Å². The average Bonchev–Trinajstić information content (AvgIpc) is 3.18. The SMILES string of the molecule is COC(=O)C1Cc2sc(NC(=O)CN)c(C(=O)c3ccc(Cl)cc3)c2C1. The van der Waals surface area contributed by atoms with E-state index in [1.165, 1.54) is 18.4 Å². The van der Waals surface area contributed by atoms with E-state index in [0.717, 1.165) is 10.4 Å². The third kappa shape index (κ3) is 3.51. The van der Waals surface area contributed by atoms with E-state index < -0.39 is 0 Å². The molecule has 6 nitrogen and oxygen atoms in total. The molecule has 1 heterocycles. The predicted molar refractivity (Wildman–Crippen MR) is 99.8 cm³/mol. The molecule has 1 aromatic heterocycles. The monoisotopic (exact) mass is 392 g/mol. The van der Waals surface area contributed by atoms with Gasteiger partial charge in [-0.15, -0.1) is 11.3 Å². The quantitative estimate of drug-likeness (QED) is 0.601. The molecule has 0 saturated heterocycles. The van der Waals surface area contributed by atoms with Crippen LogP contribution in [0.4, 0.5) is 5.00 Å². The number of rotatable bonds is 5. The summed E-state index contributed by atoms with van der Waals surface area (Å²) in [6.07, 6.45) is 0.901. The Morgan fingerprint density at radius 1 is 1.27 bits per heavy atom. The van der Waals surface area contributed by atoms with Crippen molar-refractivity contribution in [3.05, 3.63) is 50.9 Å². The summed E-state index contributed by atoms with van der Waals surface area (Å²) >= 11 is 7.20. The Morgan fingerprint density at radius 2 is 1.96 bits per heavy atom. The zero-order valence-corrected chi connectivity index (χ0v) is 15.6. The van der Waals surface area contributed by atoms with Gasteiger partial charge in [0.2, 0.25) is 5.91 Å². The van der Waals surface area contributed by atoms with E-state index in [9.17, 15) is 14.4 Å². The number of methoxy groups -OCH3 is 1. The van der Waals surface area contributed by atoms with Gasteiger partial charge in [0, 0.05) is 15.5 Å². The van der Waals surface area contributed by atoms with Gasteiger partial charge >= 0.3 is 5.97 Å². The Hall–Kier alpha value is -2.22. The number of carbonyl (C=O) groups is 3. The summed E-state index contributed by atoms with van der Waals surface area (Å²) in [7, 11) is 1.35. The topological polar surface area (TPSA) is 98.5 Å². The van der Waals surface area contributed by atoms with Crippen molar-refractivity contribution < 1.29 is 19.1 Å². The van der Waals surface area contributed by atoms with Gasteiger partial charge in [0.15, 0.2) is 5.78 Å². The number of amides is 1. The van der Waals surface area contributed by atoms with Crippen LogP contribution in [0.1, 0.15) is 26.4 Å². The number of benzene rings is 1. The van der Waals surface area contributed by atoms with Crippen molar-refractivity contribution in [3.8, 4) is 0 Å². The molecule has 26 heavy (non-hydrogen) atoms. The first-order valence-electron chi connectivity index (χ1n) is 7.97. The number of hydrogen-bond donors (Lipinski definition) is 2. The van der Waals surface area contributed by atoms with Crippen molar-refractivity contribution in [3.63, 3.8) is 0 Å². The zero-order valence-electron chi connectivity index (χ0n) is 14.0. The Kier molecular flexibility index (Phi) is 5.41. The second-order valence-corrected chi connectivity index (χ2v) is 7.47. The van der Waals surface area contributed by atoms with Gasteiger partial charge in [-0.2, -0.15) is 0 Å². The largest absolute Gasteiger partial charge is 0.469 e. The molecule has 1 amide bonds. The highest BCUT2D eigenvalue weighted by Gasteiger charge is 2.35. The Morgan fingerprint density at radius 3 is 2.58 bits per heavy atom. The number of ether oxygens (including phenoxy) is 1. The smallest absolute Gasteiger partial charge is 0.309 e. The van der Waals surface area contributed by atoms with Gasteiger partial charge in [0.1, 0.15) is 5.00 Å². The molecule has 3 rings (SSSR count). The second kappa shape index (κ2) is 7.57. The summed E-state index contributed by atoms with van der Waals surface area (Å²) < 4.78 is 4.82. The molecule has 8 heteroatoms. The zero-order chi connectivity index (χ0) is 18.8. The lowest BCUT2D eigenvalue weighted by Crippen LogP contribution is -2.23. The first kappa shape index (κ1) is 18.6. The lowest BCUT2D eigenvalue weighted by Gasteiger charge is -2.10. The Balaban J connectivity index is 2.01. The third-order valence-corrected chi connectivity index (χ3v) is 5.70. The van der Waals surface area contributed by atoms with Crippen molar-refractivity contribution in [1.29, 1.82) is 0 Å². The summed E-state index contributed by atoms with van der Waals surface area (Å²) in [6, 6.07) is 6.54. The van der Waals surface area contributed by atoms with Gasteiger partial charge in [-0.3, -0.25) is 14.4 Å². The van der Waals surface area contributed by atoms with E-state index in [1.54, 1.807) is 24.3 Å². The highest BCUT2D eigenvalue weighted by molar-refractivity contribution is 7.17. The number of fused-ring (bicyclic) bond motifs is 1. The highest BCUT2D eigenvalue weighted by Crippen LogP contribution is 2.42. The fourth-order valence-corrected chi connectivity index (χ4v) is 4.47. The van der Waals surface area contributed by atoms with E-state index in [4.69, 9.17) is 22.1 Å². The maximum atomic E-state index is 13.1. The Labute approximate surface area is 159 Å². The molecule has 0 radical (unpaired) electrons. The lowest BCUT2D eigenvalue weighted by molar-refractivity contribution is -0.145. The molecule has 1 atom stereocenters. The number of nitrogens with one attached hydrogen (secondary N) is 1. The lowest BCUT2D eigenvalue weighted by atomic mass is 9.98. The van der Waals surface area contributed by atoms with Gasteiger partial charge in [0.05, 0.1) is 25.1 Å². The fourth-order valence-electron chi connectivity index (χ4n) is 3.02. The molecule has 1 aliphatic carbocycles. The van der Waals surface area contributed by atoms with Crippen molar-refractivity contribution in [2.75, 3.05) is 19.0 Å². The first-order chi connectivity index (χ1) is 12.4. The van der Waals surface area contributed by atoms with Crippen LogP contribution in [0.5, 0.6) is 0 Å². The van der Waals surface area contributed by atoms with E-state index in [2.05, 4.69) is 5.32 Å². The normalized spacial score (nSPS) is 15.4. The van der Waals surface area contributed by atoms with Crippen LogP contribution >= 0.6 is 22.9 Å². The first-order valence-corrected chi connectivity index (χ1v) is 9.16. The molecule has 1 aliphatic rings. The van der Waals surface area contributed by atoms with Crippen molar-refractivity contribution in [2.45, 2.75) is 12.8 Å². The number of carbonyl (C=O) groups excluding carboxylic acids is 3. The molecular formula is C18H17ClN2O4S. The van der Waals surface area contributed by atoms with Gasteiger partial charge in [0.25, 0.3) is 0 Å². The van der Waals surface area contributed by atoms with Gasteiger partial charge in [-0.05, 0) is 42.7 Å². The van der Waals surface area contributed by atoms with Crippen molar-refractivity contribution in [1.82, 2.24) is 0 Å². The minimum Gasteiger partial charge on any atom is -0.469 e. The number of thiophene rings is 1. The van der Waals surface area contributed by atoms with E-state index in [-0.39, 0.29) is 30.1 Å². The van der Waals surface area contributed by atoms with Crippen LogP contribution < -0.4 is 11.1 Å². The van der Waals surface area contributed by atoms with Crippen LogP contribution in [0.15, 0.2) is 24.3 Å². The molecule has 0 bridgehead atoms. The summed E-state index contributed by atoms with van der Waals surface area (Å²) in [5, 5.41) is 3.69. The van der Waals surface area contributed by atoms with Gasteiger partial charge < -0.3 is 15.8 Å². The maximum absolute atomic E-state index is 13.1. The van der Waals surface area contributed by atoms with Crippen LogP contribution in [-0.2, 0) is 27.2 Å². The predicted octanol–water partition coefficient (Wildman–Crippen LogP) is 2.42. The van der Waals surface area contributed by atoms with E-state index in [1.807, 2.05) is 0 Å². The maximum Gasteiger partial charge on any atom is 0.309 e. The summed E-state index contributed by atoms with van der Waals surface area (Å²) in [6.45, 7) is -0.179. The molecule has 1 aromatic carbocycles. The number of halogens is 1. The summed E-state index contributed by atoms with van der Waals surface area (Å²) in [4.78, 5) is 37.6. The molecule has 136 valence electrons. The molecule has 0 spiro atoms. The van der Waals surface area contributed by atoms with Crippen LogP contribution in [0.3, 0.4) is 0 Å². The molecule has 3 N–H and O–H groups in total. The highest BCUT2D eigenvalue weighted by atomic mass is 35.5. The van der Waals surface area contributed by atoms with Crippen LogP contribution in [-0.4, -0.2) is 31.3 Å². The Bertz CT molecular complexity index is 876. The van der Waals surface area contributed by atoms with Crippen LogP contribution in [0, 0.1) is 5.92 Å². The molecule has 0 saturated carbocycles. The third-order valence-electron chi connectivity index (χ3n) is 4.28. The van der Waals surface area contributed by atoms with Crippen molar-refractivity contribution >= 4 is 45.6 Å². The van der Waals surface area contributed by atoms with Crippen LogP contribution in [0.2, 0.25) is 5.02 Å². The van der Waals surface area contributed by atoms with Gasteiger partial charge in [-0.25, -0.2) is 0 Å². The standard InChI is InChI=1S/C18H17ClN2O4S/c1-25-18(24)10-6-12-13(7-10)26-17(21-14(22)8-20)15(12)16(23)9-2-4-11(19)5-3-9/h2-5,10H,6-8,20H2,1H3,(H,21,22). The second-order valence-electron chi connectivity index (χ2n) is 5.92. The number of esters is 1. The number of hydrogen-bond acceptors (Lipinski definition) is 6. The van der Waals surface area contributed by atoms with E-state index >= 15 is 0 Å². The van der Waals surface area contributed by atoms with Gasteiger partial charge in [-0.1, -0.05) is 11.6 Å². The van der Waals surface area contributed by atoms with E-state index in [0.29, 0.717) is 34.0 Å². The number of nitrogens with two attached hydrogens (primary N) is 1.